The average molecular weight is 381 g/mol. The Morgan fingerprint density at radius 1 is 1.42 bits per heavy atom. The molecule has 0 bridgehead atoms. The van der Waals surface area contributed by atoms with Gasteiger partial charge in [0.25, 0.3) is 5.91 Å². The number of hydrogen-bond donors (Lipinski definition) is 1. The topological polar surface area (TPSA) is 80.5 Å². The quantitative estimate of drug-likeness (QED) is 0.829. The Kier molecular flexibility index (Phi) is 7.41. The molecule has 2 aromatic rings. The number of nitrogens with zero attached hydrogens (tertiary/aromatic N) is 3. The van der Waals surface area contributed by atoms with Gasteiger partial charge in [-0.05, 0) is 44.5 Å². The molecular weight excluding hydrogens is 356 g/mol. The zero-order valence-corrected chi connectivity index (χ0v) is 15.9. The van der Waals surface area contributed by atoms with Crippen molar-refractivity contribution in [3.05, 3.63) is 41.5 Å². The fraction of sp³-hybridized carbons (Fsp3) is 0.500. The second kappa shape index (κ2) is 9.54. The third kappa shape index (κ3) is 4.95. The van der Waals surface area contributed by atoms with Crippen molar-refractivity contribution in [2.24, 2.45) is 5.92 Å². The van der Waals surface area contributed by atoms with Crippen LogP contribution in [0.4, 0.5) is 0 Å². The fourth-order valence-corrected chi connectivity index (χ4v) is 3.19. The maximum atomic E-state index is 13.0. The van der Waals surface area contributed by atoms with E-state index in [0.717, 1.165) is 32.5 Å². The lowest BCUT2D eigenvalue weighted by Gasteiger charge is -2.33. The van der Waals surface area contributed by atoms with Crippen LogP contribution in [0.1, 0.15) is 34.9 Å². The molecule has 1 amide bonds. The standard InChI is InChI=1S/C18H24N4O3.ClH/c1-13-20-17(21-25-13)12-24-16-8-4-3-7-15(16)18(23)22-9-5-6-14(11-22)10-19-2;/h3-4,7-8,14,19H,5-6,9-12H2,1-2H3;1H. The Labute approximate surface area is 159 Å². The number of hydrogen-bond acceptors (Lipinski definition) is 6. The molecule has 1 aromatic carbocycles. The third-order valence-electron chi connectivity index (χ3n) is 4.34. The average Bonchev–Trinajstić information content (AvgIpc) is 3.05. The smallest absolute Gasteiger partial charge is 0.257 e. The predicted octanol–water partition coefficient (Wildman–Crippen LogP) is 2.45. The molecule has 0 aliphatic carbocycles. The largest absolute Gasteiger partial charge is 0.485 e. The summed E-state index contributed by atoms with van der Waals surface area (Å²) in [7, 11) is 1.95. The number of amides is 1. The number of likely N-dealkylation sites (tertiary alicyclic amines) is 1. The Morgan fingerprint density at radius 3 is 2.96 bits per heavy atom. The number of halogens is 1. The second-order valence-electron chi connectivity index (χ2n) is 6.33. The molecule has 2 heterocycles. The Hall–Kier alpha value is -2.12. The minimum Gasteiger partial charge on any atom is -0.485 e. The molecular formula is C18H25ClN4O3. The number of nitrogens with one attached hydrogen (secondary N) is 1. The zero-order chi connectivity index (χ0) is 17.6. The molecule has 1 aliphatic rings. The molecule has 1 aromatic heterocycles. The highest BCUT2D eigenvalue weighted by molar-refractivity contribution is 5.97. The van der Waals surface area contributed by atoms with Gasteiger partial charge in [0.05, 0.1) is 5.56 Å². The number of piperidine rings is 1. The van der Waals surface area contributed by atoms with Crippen LogP contribution in [0.2, 0.25) is 0 Å². The molecule has 1 unspecified atom stereocenters. The van der Waals surface area contributed by atoms with Gasteiger partial charge in [-0.1, -0.05) is 17.3 Å². The van der Waals surface area contributed by atoms with E-state index in [1.807, 2.05) is 24.1 Å². The van der Waals surface area contributed by atoms with Crippen molar-refractivity contribution in [3.8, 4) is 5.75 Å². The van der Waals surface area contributed by atoms with Crippen LogP contribution in [0.15, 0.2) is 28.8 Å². The molecule has 7 nitrogen and oxygen atoms in total. The monoisotopic (exact) mass is 380 g/mol. The first-order valence-electron chi connectivity index (χ1n) is 8.62. The molecule has 1 N–H and O–H groups in total. The van der Waals surface area contributed by atoms with E-state index in [1.165, 1.54) is 0 Å². The Balaban J connectivity index is 0.00000243. The number of carbonyl (C=O) groups excluding carboxylic acids is 1. The van der Waals surface area contributed by atoms with Crippen LogP contribution >= 0.6 is 12.4 Å². The lowest BCUT2D eigenvalue weighted by atomic mass is 9.97. The summed E-state index contributed by atoms with van der Waals surface area (Å²) in [5, 5.41) is 7.02. The van der Waals surface area contributed by atoms with E-state index in [1.54, 1.807) is 19.1 Å². The van der Waals surface area contributed by atoms with Crippen molar-refractivity contribution in [1.82, 2.24) is 20.4 Å². The predicted molar refractivity (Wildman–Crippen MR) is 99.6 cm³/mol. The first-order chi connectivity index (χ1) is 12.2. The highest BCUT2D eigenvalue weighted by atomic mass is 35.5. The van der Waals surface area contributed by atoms with Crippen LogP contribution in [-0.2, 0) is 6.61 Å². The zero-order valence-electron chi connectivity index (χ0n) is 15.1. The number of aromatic nitrogens is 2. The van der Waals surface area contributed by atoms with E-state index in [-0.39, 0.29) is 24.9 Å². The van der Waals surface area contributed by atoms with Gasteiger partial charge in [-0.3, -0.25) is 4.79 Å². The highest BCUT2D eigenvalue weighted by Gasteiger charge is 2.26. The molecule has 1 saturated heterocycles. The lowest BCUT2D eigenvalue weighted by molar-refractivity contribution is 0.0669. The number of para-hydroxylation sites is 1. The van der Waals surface area contributed by atoms with Gasteiger partial charge in [-0.15, -0.1) is 12.4 Å². The molecule has 3 rings (SSSR count). The molecule has 0 radical (unpaired) electrons. The van der Waals surface area contributed by atoms with Crippen LogP contribution in [0.5, 0.6) is 5.75 Å². The van der Waals surface area contributed by atoms with Crippen molar-refractivity contribution in [2.45, 2.75) is 26.4 Å². The number of rotatable bonds is 6. The molecule has 8 heteroatoms. The van der Waals surface area contributed by atoms with E-state index in [9.17, 15) is 4.79 Å². The lowest BCUT2D eigenvalue weighted by Crippen LogP contribution is -2.42. The van der Waals surface area contributed by atoms with E-state index >= 15 is 0 Å². The Bertz CT molecular complexity index is 720. The normalized spacial score (nSPS) is 16.8. The van der Waals surface area contributed by atoms with Crippen molar-refractivity contribution < 1.29 is 14.1 Å². The van der Waals surface area contributed by atoms with Gasteiger partial charge in [0.15, 0.2) is 6.61 Å². The van der Waals surface area contributed by atoms with E-state index in [4.69, 9.17) is 9.26 Å². The molecule has 0 saturated carbocycles. The van der Waals surface area contributed by atoms with E-state index in [2.05, 4.69) is 15.5 Å². The summed E-state index contributed by atoms with van der Waals surface area (Å²) < 4.78 is 10.7. The van der Waals surface area contributed by atoms with Crippen molar-refractivity contribution in [3.63, 3.8) is 0 Å². The third-order valence-corrected chi connectivity index (χ3v) is 4.34. The number of benzene rings is 1. The van der Waals surface area contributed by atoms with Crippen LogP contribution in [0, 0.1) is 12.8 Å². The van der Waals surface area contributed by atoms with Gasteiger partial charge in [0, 0.05) is 20.0 Å². The minimum absolute atomic E-state index is 0. The molecule has 1 aliphatic heterocycles. The van der Waals surface area contributed by atoms with Crippen LogP contribution in [0.25, 0.3) is 0 Å². The van der Waals surface area contributed by atoms with Crippen molar-refractivity contribution in [1.29, 1.82) is 0 Å². The maximum absolute atomic E-state index is 13.0. The summed E-state index contributed by atoms with van der Waals surface area (Å²) in [5.74, 6) is 2.02. The molecule has 142 valence electrons. The summed E-state index contributed by atoms with van der Waals surface area (Å²) >= 11 is 0. The maximum Gasteiger partial charge on any atom is 0.257 e. The van der Waals surface area contributed by atoms with Gasteiger partial charge in [0.2, 0.25) is 11.7 Å². The first kappa shape index (κ1) is 20.2. The van der Waals surface area contributed by atoms with E-state index in [0.29, 0.717) is 28.9 Å². The van der Waals surface area contributed by atoms with Gasteiger partial charge < -0.3 is 19.5 Å². The molecule has 0 spiro atoms. The SMILES string of the molecule is CNCC1CCCN(C(=O)c2ccccc2OCc2noc(C)n2)C1.Cl. The van der Waals surface area contributed by atoms with Gasteiger partial charge in [-0.25, -0.2) is 0 Å². The summed E-state index contributed by atoms with van der Waals surface area (Å²) in [5.41, 5.74) is 0.577. The van der Waals surface area contributed by atoms with Gasteiger partial charge in [0.1, 0.15) is 5.75 Å². The van der Waals surface area contributed by atoms with Crippen LogP contribution < -0.4 is 10.1 Å². The Morgan fingerprint density at radius 2 is 2.23 bits per heavy atom. The van der Waals surface area contributed by atoms with Crippen LogP contribution in [-0.4, -0.2) is 47.6 Å². The van der Waals surface area contributed by atoms with Crippen molar-refractivity contribution >= 4 is 18.3 Å². The number of aryl methyl sites for hydroxylation is 1. The fourth-order valence-electron chi connectivity index (χ4n) is 3.19. The molecule has 26 heavy (non-hydrogen) atoms. The molecule has 1 fully saturated rings. The minimum atomic E-state index is 0. The van der Waals surface area contributed by atoms with Crippen LogP contribution in [0.3, 0.4) is 0 Å². The number of carbonyl (C=O) groups is 1. The van der Waals surface area contributed by atoms with E-state index < -0.39 is 0 Å². The summed E-state index contributed by atoms with van der Waals surface area (Å²) in [6.07, 6.45) is 2.18. The second-order valence-corrected chi connectivity index (χ2v) is 6.33. The van der Waals surface area contributed by atoms with Gasteiger partial charge >= 0.3 is 0 Å². The molecule has 1 atom stereocenters. The summed E-state index contributed by atoms with van der Waals surface area (Å²) in [6.45, 7) is 4.39. The van der Waals surface area contributed by atoms with Crippen molar-refractivity contribution in [2.75, 3.05) is 26.7 Å². The summed E-state index contributed by atoms with van der Waals surface area (Å²) in [6, 6.07) is 7.32. The summed E-state index contributed by atoms with van der Waals surface area (Å²) in [4.78, 5) is 19.0. The van der Waals surface area contributed by atoms with Gasteiger partial charge in [-0.2, -0.15) is 4.98 Å². The first-order valence-corrected chi connectivity index (χ1v) is 8.62. The number of ether oxygens (including phenoxy) is 1. The highest BCUT2D eigenvalue weighted by Crippen LogP contribution is 2.24.